The van der Waals surface area contributed by atoms with Gasteiger partial charge in [-0.1, -0.05) is 38.1 Å². The van der Waals surface area contributed by atoms with Gasteiger partial charge in [-0.05, 0) is 67.0 Å². The summed E-state index contributed by atoms with van der Waals surface area (Å²) in [5.41, 5.74) is 1.85. The van der Waals surface area contributed by atoms with Crippen LogP contribution in [0.3, 0.4) is 0 Å². The topological polar surface area (TPSA) is 73.2 Å². The third-order valence-electron chi connectivity index (χ3n) is 6.69. The molecule has 7 heteroatoms. The van der Waals surface area contributed by atoms with Crippen LogP contribution in [0.2, 0.25) is 0 Å². The quantitative estimate of drug-likeness (QED) is 0.435. The van der Waals surface area contributed by atoms with Crippen molar-refractivity contribution in [3.8, 4) is 5.75 Å². The van der Waals surface area contributed by atoms with Crippen LogP contribution in [0.1, 0.15) is 50.7 Å². The third-order valence-corrected chi connectivity index (χ3v) is 6.69. The van der Waals surface area contributed by atoms with E-state index in [1.807, 2.05) is 29.2 Å². The molecule has 0 aliphatic carbocycles. The van der Waals surface area contributed by atoms with Gasteiger partial charge in [-0.25, -0.2) is 4.39 Å². The van der Waals surface area contributed by atoms with Gasteiger partial charge in [-0.2, -0.15) is 0 Å². The molecule has 1 heterocycles. The summed E-state index contributed by atoms with van der Waals surface area (Å²) >= 11 is 0. The lowest BCUT2D eigenvalue weighted by Gasteiger charge is -2.39. The minimum atomic E-state index is -0.480. The van der Waals surface area contributed by atoms with Gasteiger partial charge in [0.15, 0.2) is 0 Å². The lowest BCUT2D eigenvalue weighted by molar-refractivity contribution is -0.134. The molecule has 1 saturated heterocycles. The number of nitrogens with zero attached hydrogens (tertiary/aromatic N) is 2. The Balaban J connectivity index is 1.62. The smallest absolute Gasteiger partial charge is 0.227 e. The molecule has 1 aliphatic rings. The van der Waals surface area contributed by atoms with Crippen molar-refractivity contribution >= 4 is 5.91 Å². The Kier molecular flexibility index (Phi) is 11.2. The van der Waals surface area contributed by atoms with E-state index in [9.17, 15) is 14.3 Å². The molecule has 1 fully saturated rings. The SMILES string of the molecule is CC(C)COc1ccc(CC(=O)N(Cc2ccc(F)cc2)C2CCN(CCC(O)CCO)CC2)cc1. The molecule has 1 aliphatic heterocycles. The third kappa shape index (κ3) is 9.19. The monoisotopic (exact) mass is 500 g/mol. The number of benzene rings is 2. The van der Waals surface area contributed by atoms with E-state index in [4.69, 9.17) is 9.84 Å². The van der Waals surface area contributed by atoms with Crippen molar-refractivity contribution in [2.75, 3.05) is 32.8 Å². The van der Waals surface area contributed by atoms with Crippen LogP contribution in [-0.2, 0) is 17.8 Å². The van der Waals surface area contributed by atoms with Crippen LogP contribution in [0.5, 0.6) is 5.75 Å². The summed E-state index contributed by atoms with van der Waals surface area (Å²) in [4.78, 5) is 17.8. The van der Waals surface area contributed by atoms with Crippen LogP contribution in [0.4, 0.5) is 4.39 Å². The van der Waals surface area contributed by atoms with E-state index < -0.39 is 6.10 Å². The number of ether oxygens (including phenoxy) is 1. The first-order valence-corrected chi connectivity index (χ1v) is 13.1. The highest BCUT2D eigenvalue weighted by Gasteiger charge is 2.28. The maximum absolute atomic E-state index is 13.5. The largest absolute Gasteiger partial charge is 0.493 e. The van der Waals surface area contributed by atoms with Crippen molar-refractivity contribution < 1.29 is 24.1 Å². The molecule has 0 bridgehead atoms. The van der Waals surface area contributed by atoms with Crippen LogP contribution >= 0.6 is 0 Å². The minimum Gasteiger partial charge on any atom is -0.493 e. The number of amides is 1. The highest BCUT2D eigenvalue weighted by atomic mass is 19.1. The molecule has 36 heavy (non-hydrogen) atoms. The van der Waals surface area contributed by atoms with Gasteiger partial charge in [0, 0.05) is 38.8 Å². The van der Waals surface area contributed by atoms with E-state index in [0.717, 1.165) is 49.4 Å². The second-order valence-corrected chi connectivity index (χ2v) is 10.2. The second kappa shape index (κ2) is 14.3. The van der Waals surface area contributed by atoms with Gasteiger partial charge < -0.3 is 24.7 Å². The highest BCUT2D eigenvalue weighted by Crippen LogP contribution is 2.22. The Hall–Kier alpha value is -2.48. The molecule has 1 amide bonds. The number of carbonyl (C=O) groups is 1. The normalized spacial score (nSPS) is 15.7. The van der Waals surface area contributed by atoms with Gasteiger partial charge in [0.1, 0.15) is 11.6 Å². The summed E-state index contributed by atoms with van der Waals surface area (Å²) in [6, 6.07) is 14.2. The lowest BCUT2D eigenvalue weighted by Crippen LogP contribution is -2.48. The lowest BCUT2D eigenvalue weighted by atomic mass is 10.00. The number of hydrogen-bond donors (Lipinski definition) is 2. The Morgan fingerprint density at radius 3 is 2.31 bits per heavy atom. The summed E-state index contributed by atoms with van der Waals surface area (Å²) in [5.74, 6) is 1.03. The van der Waals surface area contributed by atoms with Crippen molar-refractivity contribution in [2.45, 2.75) is 64.6 Å². The van der Waals surface area contributed by atoms with E-state index in [2.05, 4.69) is 18.7 Å². The summed E-state index contributed by atoms with van der Waals surface area (Å²) in [6.07, 6.45) is 2.57. The van der Waals surface area contributed by atoms with Gasteiger partial charge in [0.05, 0.1) is 19.1 Å². The van der Waals surface area contributed by atoms with E-state index in [1.54, 1.807) is 12.1 Å². The predicted octanol–water partition coefficient (Wildman–Crippen LogP) is 4.03. The van der Waals surface area contributed by atoms with Gasteiger partial charge in [-0.15, -0.1) is 0 Å². The Morgan fingerprint density at radius 1 is 1.06 bits per heavy atom. The van der Waals surface area contributed by atoms with Gasteiger partial charge >= 0.3 is 0 Å². The fourth-order valence-corrected chi connectivity index (χ4v) is 4.53. The molecule has 3 rings (SSSR count). The van der Waals surface area contributed by atoms with E-state index in [0.29, 0.717) is 38.3 Å². The number of aliphatic hydroxyl groups excluding tert-OH is 2. The molecule has 1 unspecified atom stereocenters. The number of halogens is 1. The molecule has 1 atom stereocenters. The highest BCUT2D eigenvalue weighted by molar-refractivity contribution is 5.79. The first kappa shape index (κ1) is 28.1. The standard InChI is InChI=1S/C29H41FN2O4/c1-22(2)21-36-28-9-5-23(6-10-28)19-29(35)32(20-24-3-7-25(30)8-4-24)26-11-15-31(16-12-26)17-13-27(34)14-18-33/h3-10,22,26-27,33-34H,11-21H2,1-2H3. The number of hydrogen-bond acceptors (Lipinski definition) is 5. The van der Waals surface area contributed by atoms with Crippen LogP contribution in [0.15, 0.2) is 48.5 Å². The van der Waals surface area contributed by atoms with Crippen molar-refractivity contribution in [1.82, 2.24) is 9.80 Å². The average molecular weight is 501 g/mol. The van der Waals surface area contributed by atoms with E-state index >= 15 is 0 Å². The first-order valence-electron chi connectivity index (χ1n) is 13.1. The average Bonchev–Trinajstić information content (AvgIpc) is 2.87. The molecule has 0 saturated carbocycles. The predicted molar refractivity (Wildman–Crippen MR) is 139 cm³/mol. The maximum Gasteiger partial charge on any atom is 0.227 e. The summed E-state index contributed by atoms with van der Waals surface area (Å²) in [6.45, 7) is 7.80. The van der Waals surface area contributed by atoms with Crippen LogP contribution < -0.4 is 4.74 Å². The molecule has 6 nitrogen and oxygen atoms in total. The molecule has 0 spiro atoms. The molecule has 2 N–H and O–H groups in total. The molecular weight excluding hydrogens is 459 g/mol. The zero-order valence-corrected chi connectivity index (χ0v) is 21.6. The molecular formula is C29H41FN2O4. The zero-order valence-electron chi connectivity index (χ0n) is 21.6. The maximum atomic E-state index is 13.5. The van der Waals surface area contributed by atoms with Crippen molar-refractivity contribution in [3.63, 3.8) is 0 Å². The molecule has 0 aromatic heterocycles. The van der Waals surface area contributed by atoms with E-state index in [1.165, 1.54) is 12.1 Å². The summed E-state index contributed by atoms with van der Waals surface area (Å²) in [5, 5.41) is 18.9. The number of rotatable bonds is 13. The van der Waals surface area contributed by atoms with Crippen molar-refractivity contribution in [2.24, 2.45) is 5.92 Å². The first-order chi connectivity index (χ1) is 17.3. The fraction of sp³-hybridized carbons (Fsp3) is 0.552. The number of likely N-dealkylation sites (tertiary alicyclic amines) is 1. The Labute approximate surface area is 214 Å². The zero-order chi connectivity index (χ0) is 25.9. The molecule has 0 radical (unpaired) electrons. The minimum absolute atomic E-state index is 0.00259. The van der Waals surface area contributed by atoms with Gasteiger partial charge in [0.25, 0.3) is 0 Å². The number of piperidine rings is 1. The second-order valence-electron chi connectivity index (χ2n) is 10.2. The summed E-state index contributed by atoms with van der Waals surface area (Å²) in [7, 11) is 0. The van der Waals surface area contributed by atoms with Gasteiger partial charge in [0.2, 0.25) is 5.91 Å². The van der Waals surface area contributed by atoms with Crippen LogP contribution in [0.25, 0.3) is 0 Å². The number of carbonyl (C=O) groups excluding carboxylic acids is 1. The molecule has 2 aromatic rings. The Bertz CT molecular complexity index is 912. The van der Waals surface area contributed by atoms with Gasteiger partial charge in [-0.3, -0.25) is 4.79 Å². The molecule has 2 aromatic carbocycles. The van der Waals surface area contributed by atoms with Crippen LogP contribution in [0, 0.1) is 11.7 Å². The summed E-state index contributed by atoms with van der Waals surface area (Å²) < 4.78 is 19.2. The van der Waals surface area contributed by atoms with Crippen LogP contribution in [-0.4, -0.2) is 70.9 Å². The van der Waals surface area contributed by atoms with Crippen molar-refractivity contribution in [1.29, 1.82) is 0 Å². The molecule has 198 valence electrons. The van der Waals surface area contributed by atoms with E-state index in [-0.39, 0.29) is 24.4 Å². The number of aliphatic hydroxyl groups is 2. The van der Waals surface area contributed by atoms with Crippen molar-refractivity contribution in [3.05, 3.63) is 65.5 Å². The fourth-order valence-electron chi connectivity index (χ4n) is 4.53. The Morgan fingerprint density at radius 2 is 1.69 bits per heavy atom.